The molecule has 4 aromatic heterocycles. The summed E-state index contributed by atoms with van der Waals surface area (Å²) >= 11 is 0. The van der Waals surface area contributed by atoms with Crippen LogP contribution >= 0.6 is 0 Å². The van der Waals surface area contributed by atoms with Crippen LogP contribution in [0.25, 0.3) is 61.2 Å². The van der Waals surface area contributed by atoms with Crippen molar-refractivity contribution in [3.63, 3.8) is 0 Å². The summed E-state index contributed by atoms with van der Waals surface area (Å²) in [6.07, 6.45) is 1.78. The van der Waals surface area contributed by atoms with Crippen LogP contribution in [-0.4, -0.2) is 29.9 Å². The van der Waals surface area contributed by atoms with Crippen molar-refractivity contribution >= 4 is 32.8 Å². The minimum Gasteiger partial charge on any atom is -0.255 e. The number of benzene rings is 3. The smallest absolute Gasteiger partial charge is 0.114 e. The van der Waals surface area contributed by atoms with Crippen molar-refractivity contribution in [2.75, 3.05) is 0 Å². The van der Waals surface area contributed by atoms with Gasteiger partial charge in [-0.15, -0.1) is 10.2 Å². The Balaban J connectivity index is 1.36. The Labute approximate surface area is 200 Å². The third-order valence-corrected chi connectivity index (χ3v) is 6.11. The molecule has 4 heterocycles. The summed E-state index contributed by atoms with van der Waals surface area (Å²) in [5, 5.41) is 11.4. The van der Waals surface area contributed by atoms with Gasteiger partial charge in [-0.3, -0.25) is 4.98 Å². The number of fused-ring (bicyclic) bond motifs is 4. The number of pyridine rings is 3. The summed E-state index contributed by atoms with van der Waals surface area (Å²) in [4.78, 5) is 16.1. The molecule has 0 saturated carbocycles. The van der Waals surface area contributed by atoms with Crippen LogP contribution in [0.15, 0.2) is 109 Å². The molecule has 6 nitrogen and oxygen atoms in total. The van der Waals surface area contributed by atoms with Crippen LogP contribution in [-0.2, 0) is 0 Å². The summed E-state index contributed by atoms with van der Waals surface area (Å²) < 4.78 is 0. The highest BCUT2D eigenvalue weighted by atomic mass is 15.5. The number of aromatic nitrogens is 6. The standard InChI is InChI=1S/C29H18N6/c1-2-6-22(7-3-1)35-33-26-16-13-21(18-27(26)34-35)23-14-11-19-9-10-20-12-15-25(24-8-4-5-17-30-24)32-29(20)28(19)31-23/h1-18H. The number of hydrogen-bond donors (Lipinski definition) is 0. The minimum atomic E-state index is 0.821. The van der Waals surface area contributed by atoms with E-state index >= 15 is 0 Å². The normalized spacial score (nSPS) is 11.4. The first-order chi connectivity index (χ1) is 17.3. The van der Waals surface area contributed by atoms with Gasteiger partial charge < -0.3 is 0 Å². The van der Waals surface area contributed by atoms with E-state index in [2.05, 4.69) is 39.4 Å². The van der Waals surface area contributed by atoms with Crippen molar-refractivity contribution in [1.82, 2.24) is 29.9 Å². The van der Waals surface area contributed by atoms with Crippen LogP contribution in [0.5, 0.6) is 0 Å². The second-order valence-electron chi connectivity index (χ2n) is 8.35. The molecule has 0 spiro atoms. The molecule has 0 fully saturated rings. The first kappa shape index (κ1) is 19.5. The lowest BCUT2D eigenvalue weighted by Crippen LogP contribution is -1.97. The highest BCUT2D eigenvalue weighted by Gasteiger charge is 2.11. The molecule has 0 saturated heterocycles. The number of para-hydroxylation sites is 1. The zero-order valence-electron chi connectivity index (χ0n) is 18.6. The number of hydrogen-bond acceptors (Lipinski definition) is 5. The van der Waals surface area contributed by atoms with E-state index in [4.69, 9.17) is 9.97 Å². The van der Waals surface area contributed by atoms with Crippen molar-refractivity contribution in [2.45, 2.75) is 0 Å². The third-order valence-electron chi connectivity index (χ3n) is 6.11. The van der Waals surface area contributed by atoms with E-state index in [0.29, 0.717) is 0 Å². The van der Waals surface area contributed by atoms with Crippen LogP contribution in [0.1, 0.15) is 0 Å². The molecule has 3 aromatic carbocycles. The Morgan fingerprint density at radius 2 is 1.20 bits per heavy atom. The lowest BCUT2D eigenvalue weighted by molar-refractivity contribution is 0.766. The summed E-state index contributed by atoms with van der Waals surface area (Å²) in [5.74, 6) is 0. The summed E-state index contributed by atoms with van der Waals surface area (Å²) in [6, 6.07) is 34.2. The molecule has 0 amide bonds. The molecule has 0 unspecified atom stereocenters. The van der Waals surface area contributed by atoms with E-state index < -0.39 is 0 Å². The van der Waals surface area contributed by atoms with Crippen molar-refractivity contribution in [2.24, 2.45) is 0 Å². The molecule has 7 aromatic rings. The molecule has 0 radical (unpaired) electrons. The molecule has 0 bridgehead atoms. The highest BCUT2D eigenvalue weighted by Crippen LogP contribution is 2.29. The van der Waals surface area contributed by atoms with Crippen LogP contribution in [0, 0.1) is 0 Å². The first-order valence-electron chi connectivity index (χ1n) is 11.4. The van der Waals surface area contributed by atoms with Gasteiger partial charge in [-0.1, -0.05) is 54.6 Å². The molecule has 0 N–H and O–H groups in total. The topological polar surface area (TPSA) is 69.4 Å². The molecular formula is C29H18N6. The van der Waals surface area contributed by atoms with Crippen LogP contribution in [0.3, 0.4) is 0 Å². The van der Waals surface area contributed by atoms with Gasteiger partial charge in [0.15, 0.2) is 0 Å². The molecule has 0 aliphatic carbocycles. The molecule has 0 aliphatic heterocycles. The predicted molar refractivity (Wildman–Crippen MR) is 138 cm³/mol. The van der Waals surface area contributed by atoms with Crippen LogP contribution in [0.2, 0.25) is 0 Å². The van der Waals surface area contributed by atoms with Gasteiger partial charge in [-0.2, -0.15) is 4.80 Å². The van der Waals surface area contributed by atoms with E-state index in [9.17, 15) is 0 Å². The Hall–Kier alpha value is -4.97. The predicted octanol–water partition coefficient (Wildman–Crippen LogP) is 6.25. The van der Waals surface area contributed by atoms with Gasteiger partial charge in [0.05, 0.1) is 33.8 Å². The Bertz CT molecular complexity index is 1840. The fourth-order valence-corrected chi connectivity index (χ4v) is 4.34. The second kappa shape index (κ2) is 7.81. The molecule has 0 atom stereocenters. The van der Waals surface area contributed by atoms with Gasteiger partial charge in [-0.05, 0) is 48.5 Å². The first-order valence-corrected chi connectivity index (χ1v) is 11.4. The monoisotopic (exact) mass is 450 g/mol. The minimum absolute atomic E-state index is 0.821. The van der Waals surface area contributed by atoms with Crippen molar-refractivity contribution < 1.29 is 0 Å². The SMILES string of the molecule is c1ccc(-n2nc3ccc(-c4ccc5ccc6ccc(-c7ccccn7)nc6c5n4)cc3n2)cc1. The summed E-state index contributed by atoms with van der Waals surface area (Å²) in [5.41, 5.74) is 7.84. The third kappa shape index (κ3) is 3.40. The van der Waals surface area contributed by atoms with E-state index in [1.165, 1.54) is 0 Å². The Morgan fingerprint density at radius 3 is 1.97 bits per heavy atom. The largest absolute Gasteiger partial charge is 0.255 e. The lowest BCUT2D eigenvalue weighted by atomic mass is 10.1. The number of nitrogens with zero attached hydrogens (tertiary/aromatic N) is 6. The van der Waals surface area contributed by atoms with Gasteiger partial charge in [-0.25, -0.2) is 9.97 Å². The van der Waals surface area contributed by atoms with Crippen LogP contribution < -0.4 is 0 Å². The quantitative estimate of drug-likeness (QED) is 0.298. The van der Waals surface area contributed by atoms with E-state index in [-0.39, 0.29) is 0 Å². The maximum Gasteiger partial charge on any atom is 0.114 e. The molecule has 6 heteroatoms. The fourth-order valence-electron chi connectivity index (χ4n) is 4.34. The zero-order chi connectivity index (χ0) is 23.2. The fraction of sp³-hybridized carbons (Fsp3) is 0. The van der Waals surface area contributed by atoms with Gasteiger partial charge >= 0.3 is 0 Å². The highest BCUT2D eigenvalue weighted by molar-refractivity contribution is 6.04. The van der Waals surface area contributed by atoms with E-state index in [0.717, 1.165) is 61.2 Å². The van der Waals surface area contributed by atoms with Gasteiger partial charge in [0.2, 0.25) is 0 Å². The molecule has 164 valence electrons. The van der Waals surface area contributed by atoms with E-state index in [1.54, 1.807) is 11.0 Å². The second-order valence-corrected chi connectivity index (χ2v) is 8.35. The molecule has 35 heavy (non-hydrogen) atoms. The lowest BCUT2D eigenvalue weighted by Gasteiger charge is -2.08. The average Bonchev–Trinajstić information content (AvgIpc) is 3.37. The molecule has 7 rings (SSSR count). The summed E-state index contributed by atoms with van der Waals surface area (Å²) in [6.45, 7) is 0. The zero-order valence-corrected chi connectivity index (χ0v) is 18.6. The molecule has 0 aliphatic rings. The Morgan fingerprint density at radius 1 is 0.514 bits per heavy atom. The maximum absolute atomic E-state index is 5.04. The Kier molecular flexibility index (Phi) is 4.35. The van der Waals surface area contributed by atoms with E-state index in [1.807, 2.05) is 78.9 Å². The summed E-state index contributed by atoms with van der Waals surface area (Å²) in [7, 11) is 0. The maximum atomic E-state index is 5.04. The van der Waals surface area contributed by atoms with Crippen molar-refractivity contribution in [3.05, 3.63) is 109 Å². The van der Waals surface area contributed by atoms with Gasteiger partial charge in [0.1, 0.15) is 11.0 Å². The van der Waals surface area contributed by atoms with Crippen LogP contribution in [0.4, 0.5) is 0 Å². The number of rotatable bonds is 3. The van der Waals surface area contributed by atoms with Gasteiger partial charge in [0, 0.05) is 22.5 Å². The van der Waals surface area contributed by atoms with Crippen molar-refractivity contribution in [3.8, 4) is 28.3 Å². The van der Waals surface area contributed by atoms with Crippen molar-refractivity contribution in [1.29, 1.82) is 0 Å². The molecular weight excluding hydrogens is 432 g/mol. The van der Waals surface area contributed by atoms with Gasteiger partial charge in [0.25, 0.3) is 0 Å². The average molecular weight is 451 g/mol.